The highest BCUT2D eigenvalue weighted by molar-refractivity contribution is 7.94. The number of anilines is 1. The summed E-state index contributed by atoms with van der Waals surface area (Å²) >= 11 is 1.10. The van der Waals surface area contributed by atoms with Crippen molar-refractivity contribution in [2.24, 2.45) is 0 Å². The molecule has 0 radical (unpaired) electrons. The Morgan fingerprint density at radius 2 is 2.05 bits per heavy atom. The lowest BCUT2D eigenvalue weighted by atomic mass is 10.0. The molecule has 0 atom stereocenters. The third kappa shape index (κ3) is 3.39. The van der Waals surface area contributed by atoms with E-state index in [-0.39, 0.29) is 10.8 Å². The highest BCUT2D eigenvalue weighted by Crippen LogP contribution is 2.25. The fourth-order valence-electron chi connectivity index (χ4n) is 1.74. The average molecular weight is 311 g/mol. The maximum Gasteiger partial charge on any atom is 0.271 e. The predicted octanol–water partition coefficient (Wildman–Crippen LogP) is 3.16. The SMILES string of the molecule is CC(C)c1cccc(NS(=O)(=O)c2cc(CO)cs2)c1. The largest absolute Gasteiger partial charge is 0.392 e. The molecule has 1 aromatic heterocycles. The van der Waals surface area contributed by atoms with Gasteiger partial charge in [-0.05, 0) is 40.6 Å². The third-order valence-electron chi connectivity index (χ3n) is 2.88. The third-order valence-corrected chi connectivity index (χ3v) is 5.75. The Hall–Kier alpha value is -1.37. The van der Waals surface area contributed by atoms with Crippen LogP contribution in [0.3, 0.4) is 0 Å². The van der Waals surface area contributed by atoms with Gasteiger partial charge in [-0.15, -0.1) is 11.3 Å². The Kier molecular flexibility index (Phi) is 4.47. The number of aliphatic hydroxyl groups excluding tert-OH is 1. The maximum absolute atomic E-state index is 12.2. The molecule has 1 aromatic carbocycles. The summed E-state index contributed by atoms with van der Waals surface area (Å²) in [6.07, 6.45) is 0. The first-order valence-electron chi connectivity index (χ1n) is 6.23. The van der Waals surface area contributed by atoms with Crippen LogP contribution in [0, 0.1) is 0 Å². The van der Waals surface area contributed by atoms with E-state index in [1.54, 1.807) is 11.4 Å². The normalized spacial score (nSPS) is 11.8. The molecule has 0 fully saturated rings. The van der Waals surface area contributed by atoms with Crippen molar-refractivity contribution in [3.8, 4) is 0 Å². The standard InChI is InChI=1S/C14H17NO3S2/c1-10(2)12-4-3-5-13(7-12)15-20(17,18)14-6-11(8-16)9-19-14/h3-7,9-10,15-16H,8H2,1-2H3. The van der Waals surface area contributed by atoms with Crippen LogP contribution in [0.15, 0.2) is 39.9 Å². The van der Waals surface area contributed by atoms with E-state index in [1.807, 2.05) is 18.2 Å². The summed E-state index contributed by atoms with van der Waals surface area (Å²) in [4.78, 5) is 0. The molecule has 0 bridgehead atoms. The highest BCUT2D eigenvalue weighted by Gasteiger charge is 2.17. The molecule has 0 amide bonds. The summed E-state index contributed by atoms with van der Waals surface area (Å²) in [6.45, 7) is 3.95. The van der Waals surface area contributed by atoms with Crippen molar-refractivity contribution in [1.82, 2.24) is 0 Å². The topological polar surface area (TPSA) is 66.4 Å². The van der Waals surface area contributed by atoms with Gasteiger partial charge < -0.3 is 5.11 Å². The van der Waals surface area contributed by atoms with E-state index in [4.69, 9.17) is 5.11 Å². The van der Waals surface area contributed by atoms with Crippen molar-refractivity contribution in [2.45, 2.75) is 30.6 Å². The van der Waals surface area contributed by atoms with E-state index in [2.05, 4.69) is 18.6 Å². The number of hydrogen-bond acceptors (Lipinski definition) is 4. The first-order valence-corrected chi connectivity index (χ1v) is 8.59. The van der Waals surface area contributed by atoms with Crippen LogP contribution in [0.4, 0.5) is 5.69 Å². The number of nitrogens with one attached hydrogen (secondary N) is 1. The van der Waals surface area contributed by atoms with E-state index in [1.165, 1.54) is 6.07 Å². The van der Waals surface area contributed by atoms with Crippen LogP contribution in [-0.4, -0.2) is 13.5 Å². The predicted molar refractivity (Wildman–Crippen MR) is 81.6 cm³/mol. The quantitative estimate of drug-likeness (QED) is 0.891. The first kappa shape index (κ1) is 15.0. The van der Waals surface area contributed by atoms with Gasteiger partial charge in [-0.1, -0.05) is 26.0 Å². The van der Waals surface area contributed by atoms with Crippen molar-refractivity contribution in [1.29, 1.82) is 0 Å². The van der Waals surface area contributed by atoms with Crippen LogP contribution in [0.5, 0.6) is 0 Å². The molecular formula is C14H17NO3S2. The van der Waals surface area contributed by atoms with Crippen LogP contribution in [0.2, 0.25) is 0 Å². The molecule has 0 saturated carbocycles. The van der Waals surface area contributed by atoms with Gasteiger partial charge in [-0.25, -0.2) is 8.42 Å². The lowest BCUT2D eigenvalue weighted by Gasteiger charge is -2.10. The first-order chi connectivity index (χ1) is 9.42. The molecule has 0 spiro atoms. The average Bonchev–Trinajstić information content (AvgIpc) is 2.88. The molecule has 0 aliphatic carbocycles. The minimum absolute atomic E-state index is 0.158. The second kappa shape index (κ2) is 5.95. The summed E-state index contributed by atoms with van der Waals surface area (Å²) < 4.78 is 27.2. The Labute approximate surface area is 123 Å². The van der Waals surface area contributed by atoms with Crippen LogP contribution in [0.1, 0.15) is 30.9 Å². The minimum atomic E-state index is -3.59. The second-order valence-electron chi connectivity index (χ2n) is 4.82. The molecule has 0 aliphatic heterocycles. The molecule has 2 aromatic rings. The second-order valence-corrected chi connectivity index (χ2v) is 7.64. The smallest absolute Gasteiger partial charge is 0.271 e. The van der Waals surface area contributed by atoms with Crippen molar-refractivity contribution < 1.29 is 13.5 Å². The Bertz CT molecular complexity index is 690. The van der Waals surface area contributed by atoms with E-state index in [0.717, 1.165) is 16.9 Å². The van der Waals surface area contributed by atoms with Crippen molar-refractivity contribution in [2.75, 3.05) is 4.72 Å². The van der Waals surface area contributed by atoms with Crippen molar-refractivity contribution in [3.63, 3.8) is 0 Å². The van der Waals surface area contributed by atoms with Gasteiger partial charge in [0.2, 0.25) is 0 Å². The van der Waals surface area contributed by atoms with E-state index in [0.29, 0.717) is 17.2 Å². The number of thiophene rings is 1. The number of hydrogen-bond donors (Lipinski definition) is 2. The number of rotatable bonds is 5. The summed E-state index contributed by atoms with van der Waals surface area (Å²) in [5.41, 5.74) is 2.23. The van der Waals surface area contributed by atoms with Gasteiger partial charge in [0.1, 0.15) is 4.21 Å². The van der Waals surface area contributed by atoms with Gasteiger partial charge in [-0.2, -0.15) is 0 Å². The molecular weight excluding hydrogens is 294 g/mol. The van der Waals surface area contributed by atoms with Gasteiger partial charge in [0.15, 0.2) is 0 Å². The van der Waals surface area contributed by atoms with Gasteiger partial charge in [-0.3, -0.25) is 4.72 Å². The molecule has 4 nitrogen and oxygen atoms in total. The van der Waals surface area contributed by atoms with E-state index >= 15 is 0 Å². The number of benzene rings is 1. The summed E-state index contributed by atoms with van der Waals surface area (Å²) in [7, 11) is -3.59. The molecule has 20 heavy (non-hydrogen) atoms. The van der Waals surface area contributed by atoms with Crippen LogP contribution in [-0.2, 0) is 16.6 Å². The van der Waals surface area contributed by atoms with Gasteiger partial charge >= 0.3 is 0 Å². The van der Waals surface area contributed by atoms with E-state index in [9.17, 15) is 8.42 Å². The minimum Gasteiger partial charge on any atom is -0.392 e. The van der Waals surface area contributed by atoms with Crippen molar-refractivity contribution >= 4 is 27.0 Å². The fraction of sp³-hybridized carbons (Fsp3) is 0.286. The van der Waals surface area contributed by atoms with Gasteiger partial charge in [0.25, 0.3) is 10.0 Å². The number of aliphatic hydroxyl groups is 1. The summed E-state index contributed by atoms with van der Waals surface area (Å²) in [6, 6.07) is 8.85. The van der Waals surface area contributed by atoms with Crippen LogP contribution in [0.25, 0.3) is 0 Å². The number of sulfonamides is 1. The van der Waals surface area contributed by atoms with Gasteiger partial charge in [0.05, 0.1) is 6.61 Å². The lowest BCUT2D eigenvalue weighted by Crippen LogP contribution is -2.11. The summed E-state index contributed by atoms with van der Waals surface area (Å²) in [5.74, 6) is 0.335. The molecule has 1 heterocycles. The Morgan fingerprint density at radius 1 is 1.30 bits per heavy atom. The molecule has 0 unspecified atom stereocenters. The van der Waals surface area contributed by atoms with Crippen LogP contribution < -0.4 is 4.72 Å². The molecule has 2 N–H and O–H groups in total. The summed E-state index contributed by atoms with van der Waals surface area (Å²) in [5, 5.41) is 10.6. The van der Waals surface area contributed by atoms with E-state index < -0.39 is 10.0 Å². The monoisotopic (exact) mass is 311 g/mol. The molecule has 0 saturated heterocycles. The molecule has 2 rings (SSSR count). The van der Waals surface area contributed by atoms with Crippen LogP contribution >= 0.6 is 11.3 Å². The zero-order valence-electron chi connectivity index (χ0n) is 11.3. The lowest BCUT2D eigenvalue weighted by molar-refractivity contribution is 0.282. The maximum atomic E-state index is 12.2. The molecule has 108 valence electrons. The molecule has 0 aliphatic rings. The van der Waals surface area contributed by atoms with Gasteiger partial charge in [0, 0.05) is 5.69 Å². The Balaban J connectivity index is 2.26. The van der Waals surface area contributed by atoms with Crippen molar-refractivity contribution in [3.05, 3.63) is 46.8 Å². The highest BCUT2D eigenvalue weighted by atomic mass is 32.2. The zero-order valence-corrected chi connectivity index (χ0v) is 13.0. The zero-order chi connectivity index (χ0) is 14.8. The molecule has 6 heteroatoms. The fourth-order valence-corrected chi connectivity index (χ4v) is 3.99. The Morgan fingerprint density at radius 3 is 2.65 bits per heavy atom.